The first kappa shape index (κ1) is 15.8. The van der Waals surface area contributed by atoms with Crippen molar-refractivity contribution in [2.75, 3.05) is 24.6 Å². The maximum absolute atomic E-state index is 14.1. The van der Waals surface area contributed by atoms with Gasteiger partial charge in [-0.25, -0.2) is 17.2 Å². The van der Waals surface area contributed by atoms with Crippen molar-refractivity contribution >= 4 is 32.4 Å². The molecule has 112 valence electrons. The van der Waals surface area contributed by atoms with Gasteiger partial charge in [-0.2, -0.15) is 4.31 Å². The summed E-state index contributed by atoms with van der Waals surface area (Å²) < 4.78 is 64.3. The van der Waals surface area contributed by atoms with Crippen LogP contribution in [0.15, 0.2) is 17.0 Å². The number of sulfonamides is 1. The Hall–Kier alpha value is -0.570. The second kappa shape index (κ2) is 6.05. The Morgan fingerprint density at radius 2 is 1.85 bits per heavy atom. The average Bonchev–Trinajstić information content (AvgIpc) is 2.39. The van der Waals surface area contributed by atoms with Gasteiger partial charge in [-0.3, -0.25) is 4.21 Å². The lowest BCUT2D eigenvalue weighted by molar-refractivity contribution is 0.432. The van der Waals surface area contributed by atoms with Gasteiger partial charge in [0, 0.05) is 41.0 Å². The van der Waals surface area contributed by atoms with Crippen molar-refractivity contribution in [3.63, 3.8) is 0 Å². The van der Waals surface area contributed by atoms with Crippen LogP contribution < -0.4 is 0 Å². The molecule has 1 fully saturated rings. The molecule has 0 radical (unpaired) electrons. The predicted molar refractivity (Wildman–Crippen MR) is 72.6 cm³/mol. The molecule has 0 unspecified atom stereocenters. The Morgan fingerprint density at radius 3 is 2.40 bits per heavy atom. The van der Waals surface area contributed by atoms with E-state index in [2.05, 4.69) is 0 Å². The standard InChI is InChI=1S/C11H12ClF2NO3S2/c12-7-8-9(13)1-2-10(11(8)14)20(17,18)15-3-5-19(16)6-4-15/h1-2H,3-7H2. The predicted octanol–water partition coefficient (Wildman–Crippen LogP) is 1.46. The van der Waals surface area contributed by atoms with Crippen LogP contribution in [0.4, 0.5) is 8.78 Å². The molecule has 1 aromatic carbocycles. The molecule has 0 saturated carbocycles. The van der Waals surface area contributed by atoms with Crippen LogP contribution in [0.5, 0.6) is 0 Å². The Kier molecular flexibility index (Phi) is 4.78. The molecule has 0 aromatic heterocycles. The topological polar surface area (TPSA) is 54.5 Å². The van der Waals surface area contributed by atoms with Gasteiger partial charge in [0.25, 0.3) is 0 Å². The maximum atomic E-state index is 14.1. The zero-order chi connectivity index (χ0) is 14.9. The number of alkyl halides is 1. The normalized spacial score (nSPS) is 18.4. The number of halogens is 3. The largest absolute Gasteiger partial charge is 0.259 e. The van der Waals surface area contributed by atoms with Gasteiger partial charge in [0.15, 0.2) is 5.82 Å². The molecule has 1 aliphatic rings. The molecule has 9 heteroatoms. The summed E-state index contributed by atoms with van der Waals surface area (Å²) in [5.41, 5.74) is -0.465. The molecule has 0 amide bonds. The number of hydrogen-bond donors (Lipinski definition) is 0. The Morgan fingerprint density at radius 1 is 1.25 bits per heavy atom. The zero-order valence-corrected chi connectivity index (χ0v) is 12.7. The minimum atomic E-state index is -4.07. The number of hydrogen-bond acceptors (Lipinski definition) is 3. The third-order valence-corrected chi connectivity index (χ3v) is 6.50. The second-order valence-corrected chi connectivity index (χ2v) is 8.09. The zero-order valence-electron chi connectivity index (χ0n) is 10.3. The van der Waals surface area contributed by atoms with Crippen molar-refractivity contribution in [3.8, 4) is 0 Å². The van der Waals surface area contributed by atoms with Crippen LogP contribution in [-0.2, 0) is 26.7 Å². The van der Waals surface area contributed by atoms with Crippen LogP contribution >= 0.6 is 11.6 Å². The van der Waals surface area contributed by atoms with Crippen molar-refractivity contribution in [1.29, 1.82) is 0 Å². The highest BCUT2D eigenvalue weighted by Crippen LogP contribution is 2.25. The van der Waals surface area contributed by atoms with Gasteiger partial charge in [0.05, 0.1) is 5.88 Å². The molecule has 0 spiro atoms. The summed E-state index contributed by atoms with van der Waals surface area (Å²) in [6.45, 7) is 0.115. The minimum Gasteiger partial charge on any atom is -0.259 e. The molecular weight excluding hydrogens is 332 g/mol. The quantitative estimate of drug-likeness (QED) is 0.781. The molecule has 1 aliphatic heterocycles. The van der Waals surface area contributed by atoms with E-state index in [-0.39, 0.29) is 24.6 Å². The summed E-state index contributed by atoms with van der Waals surface area (Å²) in [4.78, 5) is -0.595. The second-order valence-electron chi connectivity index (χ2n) is 4.22. The highest BCUT2D eigenvalue weighted by Gasteiger charge is 2.31. The Balaban J connectivity index is 2.42. The van der Waals surface area contributed by atoms with Crippen LogP contribution in [0, 0.1) is 11.6 Å². The van der Waals surface area contributed by atoms with Gasteiger partial charge in [0.1, 0.15) is 10.7 Å². The lowest BCUT2D eigenvalue weighted by Crippen LogP contribution is -2.42. The number of rotatable bonds is 3. The van der Waals surface area contributed by atoms with E-state index in [4.69, 9.17) is 11.6 Å². The molecule has 0 atom stereocenters. The highest BCUT2D eigenvalue weighted by atomic mass is 35.5. The molecule has 0 aliphatic carbocycles. The molecule has 1 aromatic rings. The SMILES string of the molecule is O=S1CCN(S(=O)(=O)c2ccc(F)c(CCl)c2F)CC1. The summed E-state index contributed by atoms with van der Waals surface area (Å²) in [5.74, 6) is -2.07. The van der Waals surface area contributed by atoms with Gasteiger partial charge in [-0.1, -0.05) is 0 Å². The first-order valence-electron chi connectivity index (χ1n) is 5.76. The van der Waals surface area contributed by atoms with Crippen LogP contribution in [0.25, 0.3) is 0 Å². The van der Waals surface area contributed by atoms with Crippen LogP contribution in [0.1, 0.15) is 5.56 Å². The Bertz CT molecular complexity index is 641. The summed E-state index contributed by atoms with van der Waals surface area (Å²) in [5, 5.41) is 0. The van der Waals surface area contributed by atoms with Crippen molar-refractivity contribution in [2.24, 2.45) is 0 Å². The highest BCUT2D eigenvalue weighted by molar-refractivity contribution is 7.89. The van der Waals surface area contributed by atoms with E-state index in [1.54, 1.807) is 0 Å². The molecule has 4 nitrogen and oxygen atoms in total. The molecule has 20 heavy (non-hydrogen) atoms. The lowest BCUT2D eigenvalue weighted by atomic mass is 10.2. The van der Waals surface area contributed by atoms with E-state index < -0.39 is 48.8 Å². The third kappa shape index (κ3) is 2.88. The van der Waals surface area contributed by atoms with E-state index in [1.807, 2.05) is 0 Å². The Labute approximate surface area is 123 Å². The van der Waals surface area contributed by atoms with E-state index >= 15 is 0 Å². The fourth-order valence-corrected chi connectivity index (χ4v) is 4.96. The maximum Gasteiger partial charge on any atom is 0.246 e. The van der Waals surface area contributed by atoms with Crippen LogP contribution in [0.2, 0.25) is 0 Å². The number of nitrogens with zero attached hydrogens (tertiary/aromatic N) is 1. The van der Waals surface area contributed by atoms with E-state index in [0.717, 1.165) is 16.4 Å². The van der Waals surface area contributed by atoms with Crippen LogP contribution in [0.3, 0.4) is 0 Å². The summed E-state index contributed by atoms with van der Waals surface area (Å²) in [7, 11) is -5.11. The first-order valence-corrected chi connectivity index (χ1v) is 9.22. The summed E-state index contributed by atoms with van der Waals surface area (Å²) in [6.07, 6.45) is 0. The molecule has 0 bridgehead atoms. The lowest BCUT2D eigenvalue weighted by Gasteiger charge is -2.26. The van der Waals surface area contributed by atoms with Crippen molar-refractivity contribution in [2.45, 2.75) is 10.8 Å². The fraction of sp³-hybridized carbons (Fsp3) is 0.455. The van der Waals surface area contributed by atoms with Crippen molar-refractivity contribution in [3.05, 3.63) is 29.3 Å². The smallest absolute Gasteiger partial charge is 0.246 e. The van der Waals surface area contributed by atoms with Crippen molar-refractivity contribution < 1.29 is 21.4 Å². The van der Waals surface area contributed by atoms with E-state index in [1.165, 1.54) is 0 Å². The average molecular weight is 344 g/mol. The molecule has 1 saturated heterocycles. The summed E-state index contributed by atoms with van der Waals surface area (Å²) in [6, 6.07) is 1.78. The van der Waals surface area contributed by atoms with Gasteiger partial charge in [0.2, 0.25) is 10.0 Å². The fourth-order valence-electron chi connectivity index (χ4n) is 1.90. The first-order chi connectivity index (χ1) is 9.37. The van der Waals surface area contributed by atoms with Gasteiger partial charge in [-0.05, 0) is 12.1 Å². The van der Waals surface area contributed by atoms with Gasteiger partial charge < -0.3 is 0 Å². The number of benzene rings is 1. The minimum absolute atomic E-state index is 0.0575. The van der Waals surface area contributed by atoms with Crippen LogP contribution in [-0.4, -0.2) is 41.5 Å². The molecule has 2 rings (SSSR count). The molecule has 0 N–H and O–H groups in total. The third-order valence-electron chi connectivity index (χ3n) is 3.04. The molecular formula is C11H12ClF2NO3S2. The molecule has 1 heterocycles. The van der Waals surface area contributed by atoms with Crippen molar-refractivity contribution in [1.82, 2.24) is 4.31 Å². The van der Waals surface area contributed by atoms with Gasteiger partial charge in [-0.15, -0.1) is 11.6 Å². The van der Waals surface area contributed by atoms with E-state index in [0.29, 0.717) is 0 Å². The monoisotopic (exact) mass is 343 g/mol. The summed E-state index contributed by atoms with van der Waals surface area (Å²) >= 11 is 5.44. The van der Waals surface area contributed by atoms with E-state index in [9.17, 15) is 21.4 Å². The van der Waals surface area contributed by atoms with Gasteiger partial charge >= 0.3 is 0 Å².